The van der Waals surface area contributed by atoms with Crippen LogP contribution in [-0.4, -0.2) is 15.7 Å². The minimum absolute atomic E-state index is 0.0949. The third-order valence-electron chi connectivity index (χ3n) is 1.46. The summed E-state index contributed by atoms with van der Waals surface area (Å²) >= 11 is 1.39. The number of rotatable bonds is 3. The van der Waals surface area contributed by atoms with Crippen LogP contribution in [0, 0.1) is 17.0 Å². The standard InChI is InChI=1S/C8H10N2O2S/c1-3-13-8-7(10(11)12)5-4-6(2)9-8/h4-5H,3H2,1-2H3. The smallest absolute Gasteiger partial charge is 0.258 e. The lowest BCUT2D eigenvalue weighted by molar-refractivity contribution is -0.388. The molecule has 0 aliphatic rings. The fraction of sp³-hybridized carbons (Fsp3) is 0.375. The van der Waals surface area contributed by atoms with E-state index in [0.717, 1.165) is 11.4 Å². The predicted molar refractivity (Wildman–Crippen MR) is 52.0 cm³/mol. The minimum Gasteiger partial charge on any atom is -0.258 e. The largest absolute Gasteiger partial charge is 0.301 e. The van der Waals surface area contributed by atoms with Gasteiger partial charge in [0.15, 0.2) is 5.03 Å². The molecule has 0 fully saturated rings. The molecule has 70 valence electrons. The molecule has 1 aromatic heterocycles. The molecule has 1 heterocycles. The van der Waals surface area contributed by atoms with E-state index in [9.17, 15) is 10.1 Å². The van der Waals surface area contributed by atoms with Crippen molar-refractivity contribution in [1.29, 1.82) is 0 Å². The van der Waals surface area contributed by atoms with Gasteiger partial charge < -0.3 is 0 Å². The van der Waals surface area contributed by atoms with Crippen molar-refractivity contribution in [1.82, 2.24) is 4.98 Å². The van der Waals surface area contributed by atoms with Crippen LogP contribution in [-0.2, 0) is 0 Å². The average Bonchev–Trinajstić information content (AvgIpc) is 2.04. The summed E-state index contributed by atoms with van der Waals surface area (Å²) in [6.45, 7) is 3.77. The van der Waals surface area contributed by atoms with Gasteiger partial charge in [0.2, 0.25) is 0 Å². The van der Waals surface area contributed by atoms with E-state index in [-0.39, 0.29) is 5.69 Å². The monoisotopic (exact) mass is 198 g/mol. The Morgan fingerprint density at radius 1 is 1.62 bits per heavy atom. The summed E-state index contributed by atoms with van der Waals surface area (Å²) in [5.74, 6) is 0.789. The molecule has 0 amide bonds. The molecule has 0 saturated heterocycles. The summed E-state index contributed by atoms with van der Waals surface area (Å²) in [7, 11) is 0. The van der Waals surface area contributed by atoms with Crippen LogP contribution >= 0.6 is 11.8 Å². The number of aryl methyl sites for hydroxylation is 1. The lowest BCUT2D eigenvalue weighted by Gasteiger charge is -2.00. The van der Waals surface area contributed by atoms with E-state index < -0.39 is 4.92 Å². The number of pyridine rings is 1. The van der Waals surface area contributed by atoms with Gasteiger partial charge in [-0.15, -0.1) is 0 Å². The molecule has 0 saturated carbocycles. The quantitative estimate of drug-likeness (QED) is 0.425. The second kappa shape index (κ2) is 4.23. The average molecular weight is 198 g/mol. The fourth-order valence-electron chi connectivity index (χ4n) is 0.907. The SMILES string of the molecule is CCSc1nc(C)ccc1[N+](=O)[O-]. The van der Waals surface area contributed by atoms with Crippen molar-refractivity contribution in [2.45, 2.75) is 18.9 Å². The zero-order valence-corrected chi connectivity index (χ0v) is 8.30. The third-order valence-corrected chi connectivity index (χ3v) is 2.32. The highest BCUT2D eigenvalue weighted by Crippen LogP contribution is 2.26. The maximum atomic E-state index is 10.6. The number of nitro groups is 1. The first-order chi connectivity index (χ1) is 6.15. The van der Waals surface area contributed by atoms with Crippen molar-refractivity contribution in [2.24, 2.45) is 0 Å². The molecule has 1 rings (SSSR count). The summed E-state index contributed by atoms with van der Waals surface area (Å²) < 4.78 is 0. The maximum Gasteiger partial charge on any atom is 0.301 e. The molecule has 0 aromatic carbocycles. The third kappa shape index (κ3) is 2.42. The summed E-state index contributed by atoms with van der Waals surface area (Å²) in [6, 6.07) is 3.15. The zero-order chi connectivity index (χ0) is 9.84. The van der Waals surface area contributed by atoms with Crippen LogP contribution in [0.3, 0.4) is 0 Å². The van der Waals surface area contributed by atoms with Crippen molar-refractivity contribution in [3.63, 3.8) is 0 Å². The van der Waals surface area contributed by atoms with E-state index in [4.69, 9.17) is 0 Å². The summed E-state index contributed by atoms with van der Waals surface area (Å²) in [5.41, 5.74) is 0.902. The van der Waals surface area contributed by atoms with Crippen LogP contribution in [0.15, 0.2) is 17.2 Å². The van der Waals surface area contributed by atoms with Crippen LogP contribution in [0.1, 0.15) is 12.6 Å². The van der Waals surface area contributed by atoms with Crippen LogP contribution in [0.4, 0.5) is 5.69 Å². The topological polar surface area (TPSA) is 56.0 Å². The van der Waals surface area contributed by atoms with Gasteiger partial charge in [-0.3, -0.25) is 10.1 Å². The van der Waals surface area contributed by atoms with Gasteiger partial charge in [-0.2, -0.15) is 0 Å². The van der Waals surface area contributed by atoms with Crippen LogP contribution in [0.2, 0.25) is 0 Å². The number of thioether (sulfide) groups is 1. The Bertz CT molecular complexity index is 328. The van der Waals surface area contributed by atoms with E-state index in [1.807, 2.05) is 13.8 Å². The Morgan fingerprint density at radius 3 is 2.85 bits per heavy atom. The molecule has 13 heavy (non-hydrogen) atoms. The lowest BCUT2D eigenvalue weighted by Crippen LogP contribution is -1.94. The molecule has 5 heteroatoms. The van der Waals surface area contributed by atoms with Crippen LogP contribution in [0.5, 0.6) is 0 Å². The van der Waals surface area contributed by atoms with E-state index in [0.29, 0.717) is 5.03 Å². The molecule has 1 aromatic rings. The first-order valence-electron chi connectivity index (χ1n) is 3.90. The normalized spacial score (nSPS) is 10.0. The van der Waals surface area contributed by atoms with Gasteiger partial charge in [-0.05, 0) is 18.7 Å². The minimum atomic E-state index is -0.398. The van der Waals surface area contributed by atoms with Crippen molar-refractivity contribution < 1.29 is 4.92 Å². The van der Waals surface area contributed by atoms with Gasteiger partial charge in [0.1, 0.15) is 0 Å². The lowest BCUT2D eigenvalue weighted by atomic mass is 10.3. The Morgan fingerprint density at radius 2 is 2.31 bits per heavy atom. The molecule has 0 aliphatic carbocycles. The highest BCUT2D eigenvalue weighted by molar-refractivity contribution is 7.99. The van der Waals surface area contributed by atoms with E-state index in [1.165, 1.54) is 17.8 Å². The molecular weight excluding hydrogens is 188 g/mol. The number of hydrogen-bond donors (Lipinski definition) is 0. The Kier molecular flexibility index (Phi) is 3.25. The van der Waals surface area contributed by atoms with E-state index in [2.05, 4.69) is 4.98 Å². The van der Waals surface area contributed by atoms with Crippen LogP contribution < -0.4 is 0 Å². The maximum absolute atomic E-state index is 10.6. The van der Waals surface area contributed by atoms with Gasteiger partial charge in [0, 0.05) is 11.8 Å². The highest BCUT2D eigenvalue weighted by atomic mass is 32.2. The summed E-state index contributed by atoms with van der Waals surface area (Å²) in [6.07, 6.45) is 0. The number of aromatic nitrogens is 1. The first-order valence-corrected chi connectivity index (χ1v) is 4.88. The van der Waals surface area contributed by atoms with Gasteiger partial charge in [0.25, 0.3) is 0 Å². The van der Waals surface area contributed by atoms with Gasteiger partial charge in [-0.25, -0.2) is 4.98 Å². The van der Waals surface area contributed by atoms with Gasteiger partial charge in [-0.1, -0.05) is 18.7 Å². The zero-order valence-electron chi connectivity index (χ0n) is 7.48. The molecule has 4 nitrogen and oxygen atoms in total. The highest BCUT2D eigenvalue weighted by Gasteiger charge is 2.14. The van der Waals surface area contributed by atoms with Crippen molar-refractivity contribution in [2.75, 3.05) is 5.75 Å². The van der Waals surface area contributed by atoms with Gasteiger partial charge >= 0.3 is 5.69 Å². The molecule has 0 atom stereocenters. The number of hydrogen-bond acceptors (Lipinski definition) is 4. The molecule has 0 aliphatic heterocycles. The molecule has 0 spiro atoms. The molecule has 0 N–H and O–H groups in total. The molecule has 0 radical (unpaired) electrons. The Labute approximate surface area is 80.5 Å². The number of nitrogens with zero attached hydrogens (tertiary/aromatic N) is 2. The predicted octanol–water partition coefficient (Wildman–Crippen LogP) is 2.41. The van der Waals surface area contributed by atoms with Crippen molar-refractivity contribution >= 4 is 17.4 Å². The molecular formula is C8H10N2O2S. The Hall–Kier alpha value is -1.10. The second-order valence-corrected chi connectivity index (χ2v) is 3.72. The van der Waals surface area contributed by atoms with Crippen molar-refractivity contribution in [3.05, 3.63) is 27.9 Å². The first kappa shape index (κ1) is 9.98. The summed E-state index contributed by atoms with van der Waals surface area (Å²) in [4.78, 5) is 14.3. The van der Waals surface area contributed by atoms with E-state index in [1.54, 1.807) is 6.07 Å². The Balaban J connectivity index is 3.10. The molecule has 0 bridgehead atoms. The van der Waals surface area contributed by atoms with Crippen molar-refractivity contribution in [3.8, 4) is 0 Å². The van der Waals surface area contributed by atoms with Gasteiger partial charge in [0.05, 0.1) is 4.92 Å². The molecule has 0 unspecified atom stereocenters. The fourth-order valence-corrected chi connectivity index (χ4v) is 1.68. The second-order valence-electron chi connectivity index (χ2n) is 2.47. The summed E-state index contributed by atoms with van der Waals surface area (Å²) in [5, 5.41) is 11.1. The van der Waals surface area contributed by atoms with E-state index >= 15 is 0 Å². The van der Waals surface area contributed by atoms with Crippen LogP contribution in [0.25, 0.3) is 0 Å².